The Morgan fingerprint density at radius 2 is 1.75 bits per heavy atom. The predicted octanol–water partition coefficient (Wildman–Crippen LogP) is 3.84. The highest BCUT2D eigenvalue weighted by molar-refractivity contribution is 14.0. The first-order chi connectivity index (χ1) is 13.0. The lowest BCUT2D eigenvalue weighted by molar-refractivity contribution is -0.114. The molecule has 0 radical (unpaired) electrons. The Hall–Kier alpha value is -2.29. The molecular formula is C21H29IN4O2. The van der Waals surface area contributed by atoms with Gasteiger partial charge in [-0.1, -0.05) is 35.9 Å². The number of anilines is 1. The van der Waals surface area contributed by atoms with Crippen LogP contribution in [0.3, 0.4) is 0 Å². The van der Waals surface area contributed by atoms with E-state index in [0.29, 0.717) is 24.5 Å². The number of halogens is 1. The van der Waals surface area contributed by atoms with Crippen LogP contribution >= 0.6 is 24.0 Å². The summed E-state index contributed by atoms with van der Waals surface area (Å²) in [6.07, 6.45) is 0. The van der Waals surface area contributed by atoms with E-state index in [1.54, 1.807) is 7.11 Å². The van der Waals surface area contributed by atoms with Crippen molar-refractivity contribution in [3.05, 3.63) is 59.2 Å². The van der Waals surface area contributed by atoms with Crippen molar-refractivity contribution in [1.29, 1.82) is 0 Å². The number of hydrogen-bond acceptors (Lipinski definition) is 3. The number of nitrogens with zero attached hydrogens (tertiary/aromatic N) is 1. The predicted molar refractivity (Wildman–Crippen MR) is 126 cm³/mol. The molecule has 2 rings (SSSR count). The molecule has 0 aromatic heterocycles. The summed E-state index contributed by atoms with van der Waals surface area (Å²) in [5.41, 5.74) is 4.07. The first-order valence-electron chi connectivity index (χ1n) is 9.04. The van der Waals surface area contributed by atoms with Gasteiger partial charge >= 0.3 is 0 Å². The number of aliphatic imine (C=N–C) groups is 1. The fourth-order valence-corrected chi connectivity index (χ4v) is 2.54. The molecular weight excluding hydrogens is 467 g/mol. The Kier molecular flexibility index (Phi) is 10.4. The molecule has 0 aliphatic carbocycles. The lowest BCUT2D eigenvalue weighted by atomic mass is 10.1. The maximum absolute atomic E-state index is 11.4. The maximum Gasteiger partial charge on any atom is 0.221 e. The Balaban J connectivity index is 0.00000392. The molecule has 0 saturated carbocycles. The molecule has 28 heavy (non-hydrogen) atoms. The number of methoxy groups -OCH3 is 1. The molecule has 0 unspecified atom stereocenters. The zero-order chi connectivity index (χ0) is 19.6. The van der Waals surface area contributed by atoms with Gasteiger partial charge in [-0.15, -0.1) is 24.0 Å². The molecule has 1 amide bonds. The van der Waals surface area contributed by atoms with Crippen LogP contribution in [0.2, 0.25) is 0 Å². The first-order valence-corrected chi connectivity index (χ1v) is 9.04. The number of aryl methyl sites for hydroxylation is 1. The Morgan fingerprint density at radius 1 is 1.07 bits per heavy atom. The lowest BCUT2D eigenvalue weighted by Gasteiger charge is -2.13. The zero-order valence-corrected chi connectivity index (χ0v) is 19.2. The minimum atomic E-state index is -0.137. The van der Waals surface area contributed by atoms with E-state index in [9.17, 15) is 4.79 Å². The van der Waals surface area contributed by atoms with Crippen molar-refractivity contribution in [3.63, 3.8) is 0 Å². The van der Waals surface area contributed by atoms with Crippen molar-refractivity contribution in [3.8, 4) is 5.75 Å². The SMILES string of the molecule is CCNC(=NCc1ccc(OC)c(NC(C)=O)c1)NCc1ccc(C)cc1.I. The second-order valence-corrected chi connectivity index (χ2v) is 6.25. The number of carbonyl (C=O) groups is 1. The molecule has 0 heterocycles. The van der Waals surface area contributed by atoms with Crippen LogP contribution in [0.25, 0.3) is 0 Å². The van der Waals surface area contributed by atoms with Gasteiger partial charge in [-0.2, -0.15) is 0 Å². The highest BCUT2D eigenvalue weighted by Gasteiger charge is 2.06. The van der Waals surface area contributed by atoms with Gasteiger partial charge in [-0.05, 0) is 37.1 Å². The lowest BCUT2D eigenvalue weighted by Crippen LogP contribution is -2.36. The third-order valence-corrected chi connectivity index (χ3v) is 3.92. The number of rotatable bonds is 7. The van der Waals surface area contributed by atoms with Gasteiger partial charge in [0, 0.05) is 20.0 Å². The molecule has 0 aliphatic rings. The van der Waals surface area contributed by atoms with E-state index in [0.717, 1.165) is 18.1 Å². The third-order valence-electron chi connectivity index (χ3n) is 3.92. The first kappa shape index (κ1) is 23.7. The summed E-state index contributed by atoms with van der Waals surface area (Å²) in [4.78, 5) is 16.0. The molecule has 7 heteroatoms. The number of amides is 1. The third kappa shape index (κ3) is 7.75. The molecule has 0 saturated heterocycles. The highest BCUT2D eigenvalue weighted by Crippen LogP contribution is 2.25. The summed E-state index contributed by atoms with van der Waals surface area (Å²) < 4.78 is 5.29. The zero-order valence-electron chi connectivity index (χ0n) is 16.8. The van der Waals surface area contributed by atoms with Crippen LogP contribution in [0, 0.1) is 6.92 Å². The second-order valence-electron chi connectivity index (χ2n) is 6.25. The minimum Gasteiger partial charge on any atom is -0.495 e. The normalized spacial score (nSPS) is 10.6. The van der Waals surface area contributed by atoms with Crippen LogP contribution in [-0.4, -0.2) is 25.5 Å². The van der Waals surface area contributed by atoms with Crippen LogP contribution in [0.1, 0.15) is 30.5 Å². The monoisotopic (exact) mass is 496 g/mol. The van der Waals surface area contributed by atoms with E-state index < -0.39 is 0 Å². The maximum atomic E-state index is 11.4. The smallest absolute Gasteiger partial charge is 0.221 e. The van der Waals surface area contributed by atoms with E-state index in [1.165, 1.54) is 18.1 Å². The molecule has 6 nitrogen and oxygen atoms in total. The van der Waals surface area contributed by atoms with Crippen molar-refractivity contribution in [1.82, 2.24) is 10.6 Å². The van der Waals surface area contributed by atoms with Gasteiger partial charge in [0.1, 0.15) is 5.75 Å². The number of guanidine groups is 1. The van der Waals surface area contributed by atoms with E-state index in [2.05, 4.69) is 52.1 Å². The van der Waals surface area contributed by atoms with Gasteiger partial charge in [0.05, 0.1) is 19.3 Å². The quantitative estimate of drug-likeness (QED) is 0.310. The number of carbonyl (C=O) groups excluding carboxylic acids is 1. The largest absolute Gasteiger partial charge is 0.495 e. The number of ether oxygens (including phenoxy) is 1. The summed E-state index contributed by atoms with van der Waals surface area (Å²) >= 11 is 0. The molecule has 2 aromatic rings. The van der Waals surface area contributed by atoms with Gasteiger partial charge < -0.3 is 20.7 Å². The summed E-state index contributed by atoms with van der Waals surface area (Å²) in [5, 5.41) is 9.37. The summed E-state index contributed by atoms with van der Waals surface area (Å²) in [6, 6.07) is 14.1. The average molecular weight is 496 g/mol. The van der Waals surface area contributed by atoms with Crippen LogP contribution < -0.4 is 20.7 Å². The molecule has 0 aliphatic heterocycles. The fourth-order valence-electron chi connectivity index (χ4n) is 2.54. The van der Waals surface area contributed by atoms with Gasteiger partial charge in [0.2, 0.25) is 5.91 Å². The number of hydrogen-bond donors (Lipinski definition) is 3. The standard InChI is InChI=1S/C21H28N4O2.HI/c1-5-22-21(23-13-17-8-6-15(2)7-9-17)24-14-18-10-11-20(27-4)19(12-18)25-16(3)26;/h6-12H,5,13-14H2,1-4H3,(H,25,26)(H2,22,23,24);1H. The molecule has 0 atom stereocenters. The summed E-state index contributed by atoms with van der Waals surface area (Å²) in [7, 11) is 1.58. The van der Waals surface area contributed by atoms with E-state index >= 15 is 0 Å². The van der Waals surface area contributed by atoms with Gasteiger partial charge in [0.25, 0.3) is 0 Å². The van der Waals surface area contributed by atoms with Crippen LogP contribution in [0.4, 0.5) is 5.69 Å². The number of nitrogens with one attached hydrogen (secondary N) is 3. The van der Waals surface area contributed by atoms with E-state index in [4.69, 9.17) is 4.74 Å². The Labute approximate surface area is 184 Å². The molecule has 0 bridgehead atoms. The van der Waals surface area contributed by atoms with Crippen molar-refractivity contribution in [2.75, 3.05) is 19.0 Å². The molecule has 0 fully saturated rings. The van der Waals surface area contributed by atoms with Crippen molar-refractivity contribution in [2.45, 2.75) is 33.9 Å². The summed E-state index contributed by atoms with van der Waals surface area (Å²) in [6.45, 7) is 7.55. The topological polar surface area (TPSA) is 74.8 Å². The molecule has 3 N–H and O–H groups in total. The number of benzene rings is 2. The second kappa shape index (κ2) is 12.2. The van der Waals surface area contributed by atoms with Crippen molar-refractivity contribution < 1.29 is 9.53 Å². The van der Waals surface area contributed by atoms with Gasteiger partial charge in [-0.25, -0.2) is 4.99 Å². The van der Waals surface area contributed by atoms with E-state index in [-0.39, 0.29) is 29.9 Å². The average Bonchev–Trinajstić information content (AvgIpc) is 2.65. The van der Waals surface area contributed by atoms with Crippen LogP contribution in [-0.2, 0) is 17.9 Å². The van der Waals surface area contributed by atoms with Crippen LogP contribution in [0.5, 0.6) is 5.75 Å². The van der Waals surface area contributed by atoms with Gasteiger partial charge in [-0.3, -0.25) is 4.79 Å². The minimum absolute atomic E-state index is 0. The van der Waals surface area contributed by atoms with Gasteiger partial charge in [0.15, 0.2) is 5.96 Å². The van der Waals surface area contributed by atoms with Crippen molar-refractivity contribution >= 4 is 41.5 Å². The van der Waals surface area contributed by atoms with Crippen LogP contribution in [0.15, 0.2) is 47.5 Å². The Morgan fingerprint density at radius 3 is 2.36 bits per heavy atom. The Bertz CT molecular complexity index is 791. The van der Waals surface area contributed by atoms with E-state index in [1.807, 2.05) is 25.1 Å². The highest BCUT2D eigenvalue weighted by atomic mass is 127. The summed E-state index contributed by atoms with van der Waals surface area (Å²) in [5.74, 6) is 1.24. The van der Waals surface area contributed by atoms with Crippen molar-refractivity contribution in [2.24, 2.45) is 4.99 Å². The molecule has 152 valence electrons. The molecule has 0 spiro atoms. The fraction of sp³-hybridized carbons (Fsp3) is 0.333. The molecule has 2 aromatic carbocycles.